The Morgan fingerprint density at radius 3 is 3.06 bits per heavy atom. The van der Waals surface area contributed by atoms with E-state index in [9.17, 15) is 9.90 Å². The second-order valence-corrected chi connectivity index (χ2v) is 3.73. The number of aromatic hydroxyl groups is 1. The van der Waals surface area contributed by atoms with Crippen LogP contribution in [0.5, 0.6) is 5.75 Å². The highest BCUT2D eigenvalue weighted by Crippen LogP contribution is 2.27. The minimum Gasteiger partial charge on any atom is -0.507 e. The zero-order chi connectivity index (χ0) is 13.0. The molecular weight excluding hydrogens is 230 g/mol. The SMILES string of the molecule is C#Cc1ccc2c(O)c(CCOC=O)cnc2c1. The van der Waals surface area contributed by atoms with Gasteiger partial charge in [-0.05, 0) is 18.2 Å². The Bertz CT molecular complexity index is 629. The van der Waals surface area contributed by atoms with Crippen molar-refractivity contribution in [3.05, 3.63) is 35.5 Å². The highest BCUT2D eigenvalue weighted by molar-refractivity contribution is 5.86. The van der Waals surface area contributed by atoms with E-state index in [-0.39, 0.29) is 12.4 Å². The molecule has 1 aromatic carbocycles. The van der Waals surface area contributed by atoms with Gasteiger partial charge in [-0.15, -0.1) is 6.42 Å². The summed E-state index contributed by atoms with van der Waals surface area (Å²) in [5.74, 6) is 2.67. The number of terminal acetylenes is 1. The van der Waals surface area contributed by atoms with Crippen molar-refractivity contribution in [2.45, 2.75) is 6.42 Å². The number of pyridine rings is 1. The van der Waals surface area contributed by atoms with Crippen molar-refractivity contribution < 1.29 is 14.6 Å². The lowest BCUT2D eigenvalue weighted by molar-refractivity contribution is -0.128. The largest absolute Gasteiger partial charge is 0.507 e. The standard InChI is InChI=1S/C14H11NO3/c1-2-10-3-4-12-13(7-10)15-8-11(14(12)17)5-6-18-9-16/h1,3-4,7-9H,5-6H2,(H,15,17). The summed E-state index contributed by atoms with van der Waals surface area (Å²) in [7, 11) is 0. The van der Waals surface area contributed by atoms with Gasteiger partial charge in [-0.2, -0.15) is 0 Å². The van der Waals surface area contributed by atoms with E-state index in [1.807, 2.05) is 0 Å². The van der Waals surface area contributed by atoms with E-state index in [1.54, 1.807) is 24.4 Å². The number of ether oxygens (including phenoxy) is 1. The zero-order valence-electron chi connectivity index (χ0n) is 9.59. The molecule has 0 atom stereocenters. The highest BCUT2D eigenvalue weighted by atomic mass is 16.5. The van der Waals surface area contributed by atoms with Crippen molar-refractivity contribution >= 4 is 17.4 Å². The maximum Gasteiger partial charge on any atom is 0.293 e. The summed E-state index contributed by atoms with van der Waals surface area (Å²) in [6, 6.07) is 5.22. The van der Waals surface area contributed by atoms with Crippen LogP contribution in [0.3, 0.4) is 0 Å². The first-order valence-corrected chi connectivity index (χ1v) is 5.38. The van der Waals surface area contributed by atoms with Crippen LogP contribution in [0.25, 0.3) is 10.9 Å². The molecule has 0 aliphatic rings. The molecule has 2 rings (SSSR count). The van der Waals surface area contributed by atoms with Gasteiger partial charge in [0.15, 0.2) is 0 Å². The number of carbonyl (C=O) groups is 1. The number of aromatic nitrogens is 1. The third-order valence-electron chi connectivity index (χ3n) is 2.64. The molecule has 0 saturated heterocycles. The molecule has 1 heterocycles. The summed E-state index contributed by atoms with van der Waals surface area (Å²) >= 11 is 0. The predicted molar refractivity (Wildman–Crippen MR) is 67.1 cm³/mol. The van der Waals surface area contributed by atoms with Gasteiger partial charge in [0.1, 0.15) is 5.75 Å². The van der Waals surface area contributed by atoms with Gasteiger partial charge in [-0.3, -0.25) is 9.78 Å². The predicted octanol–water partition coefficient (Wildman–Crippen LogP) is 1.64. The van der Waals surface area contributed by atoms with Gasteiger partial charge in [-0.25, -0.2) is 0 Å². The van der Waals surface area contributed by atoms with Gasteiger partial charge < -0.3 is 9.84 Å². The molecule has 0 saturated carbocycles. The summed E-state index contributed by atoms with van der Waals surface area (Å²) < 4.78 is 4.60. The fourth-order valence-corrected chi connectivity index (χ4v) is 1.71. The van der Waals surface area contributed by atoms with E-state index in [0.29, 0.717) is 34.9 Å². The van der Waals surface area contributed by atoms with Gasteiger partial charge in [0.2, 0.25) is 0 Å². The Hall–Kier alpha value is -2.54. The average Bonchev–Trinajstić information content (AvgIpc) is 2.41. The minimum atomic E-state index is 0.151. The van der Waals surface area contributed by atoms with Crippen LogP contribution in [0.4, 0.5) is 0 Å². The first-order chi connectivity index (χ1) is 8.76. The van der Waals surface area contributed by atoms with Crippen molar-refractivity contribution in [1.29, 1.82) is 0 Å². The highest BCUT2D eigenvalue weighted by Gasteiger charge is 2.08. The normalized spacial score (nSPS) is 9.94. The summed E-state index contributed by atoms with van der Waals surface area (Å²) in [6.07, 6.45) is 7.28. The molecule has 1 N–H and O–H groups in total. The Balaban J connectivity index is 2.39. The Morgan fingerprint density at radius 2 is 2.33 bits per heavy atom. The number of hydrogen-bond donors (Lipinski definition) is 1. The molecule has 4 nitrogen and oxygen atoms in total. The Labute approximate surface area is 104 Å². The van der Waals surface area contributed by atoms with Gasteiger partial charge in [0.05, 0.1) is 12.1 Å². The van der Waals surface area contributed by atoms with Crippen LogP contribution in [0.2, 0.25) is 0 Å². The quantitative estimate of drug-likeness (QED) is 0.502. The fourth-order valence-electron chi connectivity index (χ4n) is 1.71. The third kappa shape index (κ3) is 2.25. The van der Waals surface area contributed by atoms with Crippen molar-refractivity contribution in [2.75, 3.05) is 6.61 Å². The summed E-state index contributed by atoms with van der Waals surface area (Å²) in [5.41, 5.74) is 1.99. The summed E-state index contributed by atoms with van der Waals surface area (Å²) in [5, 5.41) is 10.7. The van der Waals surface area contributed by atoms with Gasteiger partial charge in [0, 0.05) is 29.1 Å². The lowest BCUT2D eigenvalue weighted by atomic mass is 10.1. The number of fused-ring (bicyclic) bond motifs is 1. The van der Waals surface area contributed by atoms with Gasteiger partial charge in [0.25, 0.3) is 6.47 Å². The number of carbonyl (C=O) groups excluding carboxylic acids is 1. The van der Waals surface area contributed by atoms with Crippen LogP contribution in [0, 0.1) is 12.3 Å². The van der Waals surface area contributed by atoms with Crippen LogP contribution in [0.1, 0.15) is 11.1 Å². The molecule has 0 aliphatic carbocycles. The fraction of sp³-hybridized carbons (Fsp3) is 0.143. The zero-order valence-corrected chi connectivity index (χ0v) is 9.59. The van der Waals surface area contributed by atoms with E-state index >= 15 is 0 Å². The lowest BCUT2D eigenvalue weighted by Crippen LogP contribution is -1.98. The molecule has 18 heavy (non-hydrogen) atoms. The molecule has 0 fully saturated rings. The molecule has 0 radical (unpaired) electrons. The molecule has 0 spiro atoms. The molecule has 0 amide bonds. The molecule has 2 aromatic rings. The summed E-state index contributed by atoms with van der Waals surface area (Å²) in [4.78, 5) is 14.3. The molecule has 4 heteroatoms. The van der Waals surface area contributed by atoms with E-state index in [1.165, 1.54) is 0 Å². The second-order valence-electron chi connectivity index (χ2n) is 3.73. The Morgan fingerprint density at radius 1 is 1.50 bits per heavy atom. The van der Waals surface area contributed by atoms with Crippen LogP contribution in [-0.4, -0.2) is 23.2 Å². The molecule has 0 unspecified atom stereocenters. The van der Waals surface area contributed by atoms with Crippen molar-refractivity contribution in [3.8, 4) is 18.1 Å². The van der Waals surface area contributed by atoms with Crippen molar-refractivity contribution in [3.63, 3.8) is 0 Å². The van der Waals surface area contributed by atoms with Crippen LogP contribution < -0.4 is 0 Å². The maximum atomic E-state index is 10.1. The lowest BCUT2D eigenvalue weighted by Gasteiger charge is -2.07. The van der Waals surface area contributed by atoms with E-state index in [2.05, 4.69) is 15.6 Å². The maximum absolute atomic E-state index is 10.1. The third-order valence-corrected chi connectivity index (χ3v) is 2.64. The van der Waals surface area contributed by atoms with Gasteiger partial charge >= 0.3 is 0 Å². The number of benzene rings is 1. The molecule has 0 aliphatic heterocycles. The van der Waals surface area contributed by atoms with Crippen LogP contribution in [0.15, 0.2) is 24.4 Å². The summed E-state index contributed by atoms with van der Waals surface area (Å²) in [6.45, 7) is 0.595. The number of nitrogens with zero attached hydrogens (tertiary/aromatic N) is 1. The molecular formula is C14H11NO3. The van der Waals surface area contributed by atoms with Crippen molar-refractivity contribution in [2.24, 2.45) is 0 Å². The molecule has 1 aromatic heterocycles. The van der Waals surface area contributed by atoms with Crippen LogP contribution >= 0.6 is 0 Å². The van der Waals surface area contributed by atoms with E-state index in [0.717, 1.165) is 0 Å². The number of rotatable bonds is 4. The molecule has 0 bridgehead atoms. The smallest absolute Gasteiger partial charge is 0.293 e. The second kappa shape index (κ2) is 5.19. The Kier molecular flexibility index (Phi) is 3.44. The minimum absolute atomic E-state index is 0.151. The van der Waals surface area contributed by atoms with E-state index < -0.39 is 0 Å². The van der Waals surface area contributed by atoms with E-state index in [4.69, 9.17) is 6.42 Å². The topological polar surface area (TPSA) is 59.4 Å². The van der Waals surface area contributed by atoms with Crippen LogP contribution in [-0.2, 0) is 16.0 Å². The molecule has 90 valence electrons. The average molecular weight is 241 g/mol. The first kappa shape index (κ1) is 11.9. The van der Waals surface area contributed by atoms with Crippen molar-refractivity contribution in [1.82, 2.24) is 4.98 Å². The number of hydrogen-bond acceptors (Lipinski definition) is 4. The monoisotopic (exact) mass is 241 g/mol. The van der Waals surface area contributed by atoms with Gasteiger partial charge in [-0.1, -0.05) is 5.92 Å². The first-order valence-electron chi connectivity index (χ1n) is 5.38.